The quantitative estimate of drug-likeness (QED) is 0.765. The summed E-state index contributed by atoms with van der Waals surface area (Å²) in [5, 5.41) is 6.87. The largest absolute Gasteiger partial charge is 0.355 e. The zero-order chi connectivity index (χ0) is 20.1. The van der Waals surface area contributed by atoms with Gasteiger partial charge in [-0.2, -0.15) is 0 Å². The van der Waals surface area contributed by atoms with Gasteiger partial charge in [-0.3, -0.25) is 9.69 Å². The molecule has 2 aromatic rings. The minimum atomic E-state index is -0.0587. The van der Waals surface area contributed by atoms with Crippen LogP contribution in [0.3, 0.4) is 0 Å². The summed E-state index contributed by atoms with van der Waals surface area (Å²) in [7, 11) is 0. The molecule has 1 saturated heterocycles. The maximum atomic E-state index is 12.6. The Morgan fingerprint density at radius 3 is 2.41 bits per heavy atom. The van der Waals surface area contributed by atoms with Gasteiger partial charge in [0.1, 0.15) is 0 Å². The molecule has 152 valence electrons. The van der Waals surface area contributed by atoms with Gasteiger partial charge in [-0.05, 0) is 42.9 Å². The Morgan fingerprint density at radius 1 is 1.03 bits per heavy atom. The summed E-state index contributed by atoms with van der Waals surface area (Å²) < 4.78 is 0. The van der Waals surface area contributed by atoms with Gasteiger partial charge in [-0.25, -0.2) is 0 Å². The molecule has 0 radical (unpaired) electrons. The number of likely N-dealkylation sites (tertiary alicyclic amines) is 1. The molecule has 0 unspecified atom stereocenters. The van der Waals surface area contributed by atoms with Crippen molar-refractivity contribution in [3.63, 3.8) is 0 Å². The highest BCUT2D eigenvalue weighted by molar-refractivity contribution is 5.82. The number of nitrogens with one attached hydrogen (secondary N) is 2. The molecule has 1 amide bonds. The van der Waals surface area contributed by atoms with Crippen LogP contribution in [0.5, 0.6) is 0 Å². The Hall–Kier alpha value is -2.43. The van der Waals surface area contributed by atoms with E-state index in [2.05, 4.69) is 64.1 Å². The van der Waals surface area contributed by atoms with Gasteiger partial charge < -0.3 is 10.6 Å². The topological polar surface area (TPSA) is 44.4 Å². The number of carbonyl (C=O) groups excluding carboxylic acids is 1. The average molecular weight is 390 g/mol. The van der Waals surface area contributed by atoms with Crippen molar-refractivity contribution in [2.45, 2.75) is 44.3 Å². The molecule has 2 N–H and O–H groups in total. The second-order valence-corrected chi connectivity index (χ2v) is 8.15. The number of benzene rings is 2. The molecule has 2 aromatic carbocycles. The minimum Gasteiger partial charge on any atom is -0.355 e. The monoisotopic (exact) mass is 389 g/mol. The van der Waals surface area contributed by atoms with Gasteiger partial charge in [0, 0.05) is 31.7 Å². The summed E-state index contributed by atoms with van der Waals surface area (Å²) in [6.07, 6.45) is 7.37. The molecule has 2 atom stereocenters. The summed E-state index contributed by atoms with van der Waals surface area (Å²) in [6, 6.07) is 19.8. The number of hydrogen-bond acceptors (Lipinski definition) is 3. The molecule has 0 aromatic heterocycles. The summed E-state index contributed by atoms with van der Waals surface area (Å²) >= 11 is 0. The van der Waals surface area contributed by atoms with Gasteiger partial charge in [-0.1, -0.05) is 66.7 Å². The van der Waals surface area contributed by atoms with E-state index in [1.807, 2.05) is 25.1 Å². The van der Waals surface area contributed by atoms with Gasteiger partial charge in [0.2, 0.25) is 5.91 Å². The standard InChI is InChI=1S/C25H31N3O/c1-2-26-25(29)24-17-23(27-22-15-20-12-6-7-13-21(20)16-22)18-28(24)14-8-11-19-9-4-3-5-10-19/h3-13,22-24,27H,2,14-18H2,1H3,(H,26,29)/b11-8+/t23-,24-/m0/s1. The normalized spacial score (nSPS) is 22.2. The molecule has 4 rings (SSSR count). The first-order chi connectivity index (χ1) is 14.2. The van der Waals surface area contributed by atoms with Crippen molar-refractivity contribution in [1.29, 1.82) is 0 Å². The number of hydrogen-bond donors (Lipinski definition) is 2. The van der Waals surface area contributed by atoms with Gasteiger partial charge in [0.05, 0.1) is 6.04 Å². The van der Waals surface area contributed by atoms with Crippen molar-refractivity contribution in [3.8, 4) is 0 Å². The molecule has 29 heavy (non-hydrogen) atoms. The molecule has 1 fully saturated rings. The van der Waals surface area contributed by atoms with Crippen molar-refractivity contribution < 1.29 is 4.79 Å². The summed E-state index contributed by atoms with van der Waals surface area (Å²) in [6.45, 7) is 4.37. The highest BCUT2D eigenvalue weighted by Gasteiger charge is 2.37. The van der Waals surface area contributed by atoms with Crippen LogP contribution in [-0.2, 0) is 17.6 Å². The predicted octanol–water partition coefficient (Wildman–Crippen LogP) is 3.04. The third kappa shape index (κ3) is 4.95. The van der Waals surface area contributed by atoms with E-state index in [1.54, 1.807) is 0 Å². The summed E-state index contributed by atoms with van der Waals surface area (Å²) in [4.78, 5) is 15.0. The van der Waals surface area contributed by atoms with Crippen LogP contribution in [0.4, 0.5) is 0 Å². The van der Waals surface area contributed by atoms with Crippen LogP contribution >= 0.6 is 0 Å². The molecule has 2 aliphatic rings. The Labute approximate surface area is 174 Å². The van der Waals surface area contributed by atoms with Crippen molar-refractivity contribution in [2.24, 2.45) is 0 Å². The third-order valence-electron chi connectivity index (χ3n) is 6.03. The highest BCUT2D eigenvalue weighted by atomic mass is 16.2. The smallest absolute Gasteiger partial charge is 0.237 e. The first kappa shape index (κ1) is 19.9. The number of fused-ring (bicyclic) bond motifs is 1. The predicted molar refractivity (Wildman–Crippen MR) is 119 cm³/mol. The first-order valence-electron chi connectivity index (χ1n) is 10.8. The molecule has 4 nitrogen and oxygen atoms in total. The van der Waals surface area contributed by atoms with Crippen LogP contribution in [-0.4, -0.2) is 48.6 Å². The molecule has 1 aliphatic carbocycles. The number of nitrogens with zero attached hydrogens (tertiary/aromatic N) is 1. The van der Waals surface area contributed by atoms with Crippen molar-refractivity contribution in [1.82, 2.24) is 15.5 Å². The van der Waals surface area contributed by atoms with Crippen molar-refractivity contribution in [3.05, 3.63) is 77.4 Å². The van der Waals surface area contributed by atoms with E-state index in [4.69, 9.17) is 0 Å². The van der Waals surface area contributed by atoms with Crippen LogP contribution in [0.1, 0.15) is 30.0 Å². The van der Waals surface area contributed by atoms with Crippen LogP contribution in [0, 0.1) is 0 Å². The second-order valence-electron chi connectivity index (χ2n) is 8.15. The van der Waals surface area contributed by atoms with E-state index in [9.17, 15) is 4.79 Å². The van der Waals surface area contributed by atoms with Crippen LogP contribution in [0.15, 0.2) is 60.7 Å². The molecule has 0 saturated carbocycles. The second kappa shape index (κ2) is 9.38. The third-order valence-corrected chi connectivity index (χ3v) is 6.03. The molecule has 0 spiro atoms. The molecule has 0 bridgehead atoms. The lowest BCUT2D eigenvalue weighted by atomic mass is 10.1. The van der Waals surface area contributed by atoms with Gasteiger partial charge >= 0.3 is 0 Å². The lowest BCUT2D eigenvalue weighted by Gasteiger charge is -2.21. The van der Waals surface area contributed by atoms with Crippen molar-refractivity contribution in [2.75, 3.05) is 19.6 Å². The number of carbonyl (C=O) groups is 1. The maximum absolute atomic E-state index is 12.6. The molecular weight excluding hydrogens is 358 g/mol. The summed E-state index contributed by atoms with van der Waals surface area (Å²) in [5.74, 6) is 0.152. The minimum absolute atomic E-state index is 0.0587. The number of rotatable bonds is 7. The number of amides is 1. The van der Waals surface area contributed by atoms with Crippen molar-refractivity contribution >= 4 is 12.0 Å². The zero-order valence-electron chi connectivity index (χ0n) is 17.2. The van der Waals surface area contributed by atoms with Gasteiger partial charge in [-0.15, -0.1) is 0 Å². The molecule has 1 heterocycles. The van der Waals surface area contributed by atoms with E-state index in [0.717, 1.165) is 32.4 Å². The van der Waals surface area contributed by atoms with E-state index in [-0.39, 0.29) is 11.9 Å². The summed E-state index contributed by atoms with van der Waals surface area (Å²) in [5.41, 5.74) is 4.12. The fourth-order valence-electron chi connectivity index (χ4n) is 4.69. The van der Waals surface area contributed by atoms with Crippen LogP contribution in [0.2, 0.25) is 0 Å². The van der Waals surface area contributed by atoms with Crippen LogP contribution in [0.25, 0.3) is 6.08 Å². The average Bonchev–Trinajstić information content (AvgIpc) is 3.32. The Balaban J connectivity index is 1.37. The van der Waals surface area contributed by atoms with Gasteiger partial charge in [0.15, 0.2) is 0 Å². The molecular formula is C25H31N3O. The fraction of sp³-hybridized carbons (Fsp3) is 0.400. The fourth-order valence-corrected chi connectivity index (χ4v) is 4.69. The highest BCUT2D eigenvalue weighted by Crippen LogP contribution is 2.25. The van der Waals surface area contributed by atoms with E-state index in [1.165, 1.54) is 16.7 Å². The van der Waals surface area contributed by atoms with Crippen LogP contribution < -0.4 is 10.6 Å². The Bertz CT molecular complexity index is 823. The van der Waals surface area contributed by atoms with E-state index < -0.39 is 0 Å². The maximum Gasteiger partial charge on any atom is 0.237 e. The Morgan fingerprint density at radius 2 is 1.72 bits per heavy atom. The van der Waals surface area contributed by atoms with E-state index in [0.29, 0.717) is 18.6 Å². The number of likely N-dealkylation sites (N-methyl/N-ethyl adjacent to an activating group) is 1. The molecule has 4 heteroatoms. The molecule has 1 aliphatic heterocycles. The first-order valence-corrected chi connectivity index (χ1v) is 10.8. The zero-order valence-corrected chi connectivity index (χ0v) is 17.2. The van der Waals surface area contributed by atoms with E-state index >= 15 is 0 Å². The SMILES string of the molecule is CCNC(=O)[C@@H]1C[C@H](NC2Cc3ccccc3C2)CN1C/C=C/c1ccccc1. The van der Waals surface area contributed by atoms with Gasteiger partial charge in [0.25, 0.3) is 0 Å². The lowest BCUT2D eigenvalue weighted by Crippen LogP contribution is -2.43. The Kier molecular flexibility index (Phi) is 6.43. The lowest BCUT2D eigenvalue weighted by molar-refractivity contribution is -0.125.